The average molecular weight is 229 g/mol. The van der Waals surface area contributed by atoms with Gasteiger partial charge in [-0.15, -0.1) is 16.6 Å². The Bertz CT molecular complexity index is 484. The van der Waals surface area contributed by atoms with Gasteiger partial charge in [0.2, 0.25) is 0 Å². The Morgan fingerprint density at radius 2 is 2.12 bits per heavy atom. The Labute approximate surface area is 98.9 Å². The number of aromatic nitrogens is 3. The lowest BCUT2D eigenvalue weighted by atomic mass is 10.2. The highest BCUT2D eigenvalue weighted by atomic mass is 32.2. The van der Waals surface area contributed by atoms with Crippen LogP contribution >= 0.6 is 11.8 Å². The largest absolute Gasteiger partial charge is 0.304 e. The van der Waals surface area contributed by atoms with Crippen LogP contribution in [-0.2, 0) is 6.54 Å². The fraction of sp³-hybridized carbons (Fsp3) is 0.167. The molecule has 0 amide bonds. The Balaban J connectivity index is 2.10. The van der Waals surface area contributed by atoms with E-state index in [-0.39, 0.29) is 0 Å². The van der Waals surface area contributed by atoms with Gasteiger partial charge in [-0.3, -0.25) is 0 Å². The third-order valence-corrected chi connectivity index (χ3v) is 2.95. The zero-order chi connectivity index (χ0) is 11.2. The van der Waals surface area contributed by atoms with Crippen LogP contribution in [-0.4, -0.2) is 20.5 Å². The van der Waals surface area contributed by atoms with E-state index in [0.717, 1.165) is 11.7 Å². The molecule has 1 aromatic carbocycles. The molecule has 0 fully saturated rings. The summed E-state index contributed by atoms with van der Waals surface area (Å²) in [6, 6.07) is 10.2. The summed E-state index contributed by atoms with van der Waals surface area (Å²) in [7, 11) is 0. The average Bonchev–Trinajstić information content (AvgIpc) is 2.75. The Hall–Kier alpha value is -1.73. The first-order valence-electron chi connectivity index (χ1n) is 4.88. The quantitative estimate of drug-likeness (QED) is 0.594. The molecule has 80 valence electrons. The molecule has 0 N–H and O–H groups in total. The number of nitrogens with zero attached hydrogens (tertiary/aromatic N) is 3. The van der Waals surface area contributed by atoms with Crippen molar-refractivity contribution < 1.29 is 0 Å². The Kier molecular flexibility index (Phi) is 3.62. The van der Waals surface area contributed by atoms with Gasteiger partial charge in [-0.1, -0.05) is 48.0 Å². The summed E-state index contributed by atoms with van der Waals surface area (Å²) in [6.07, 6.45) is 6.95. The highest BCUT2D eigenvalue weighted by Crippen LogP contribution is 2.15. The number of benzene rings is 1. The maximum Gasteiger partial charge on any atom is 0.192 e. The van der Waals surface area contributed by atoms with Crippen molar-refractivity contribution in [1.29, 1.82) is 0 Å². The van der Waals surface area contributed by atoms with Crippen molar-refractivity contribution in [1.82, 2.24) is 14.8 Å². The van der Waals surface area contributed by atoms with Crippen LogP contribution in [0.2, 0.25) is 0 Å². The molecule has 0 radical (unpaired) electrons. The van der Waals surface area contributed by atoms with Gasteiger partial charge < -0.3 is 4.57 Å². The fourth-order valence-corrected chi connectivity index (χ4v) is 1.95. The monoisotopic (exact) mass is 229 g/mol. The van der Waals surface area contributed by atoms with Crippen LogP contribution in [0, 0.1) is 12.3 Å². The molecule has 2 aromatic rings. The van der Waals surface area contributed by atoms with E-state index in [1.54, 1.807) is 6.33 Å². The van der Waals surface area contributed by atoms with Crippen molar-refractivity contribution in [3.05, 3.63) is 42.2 Å². The molecule has 16 heavy (non-hydrogen) atoms. The van der Waals surface area contributed by atoms with Crippen molar-refractivity contribution >= 4 is 11.8 Å². The molecule has 1 heterocycles. The van der Waals surface area contributed by atoms with Crippen molar-refractivity contribution in [2.24, 2.45) is 0 Å². The molecule has 1 aromatic heterocycles. The maximum absolute atomic E-state index is 5.22. The van der Waals surface area contributed by atoms with E-state index in [4.69, 9.17) is 6.42 Å². The van der Waals surface area contributed by atoms with E-state index < -0.39 is 0 Å². The lowest BCUT2D eigenvalue weighted by Crippen LogP contribution is -2.00. The predicted octanol–water partition coefficient (Wildman–Crippen LogP) is 2.05. The minimum Gasteiger partial charge on any atom is -0.304 e. The molecule has 0 saturated carbocycles. The van der Waals surface area contributed by atoms with E-state index in [2.05, 4.69) is 28.3 Å². The first-order chi connectivity index (χ1) is 7.90. The van der Waals surface area contributed by atoms with E-state index in [9.17, 15) is 0 Å². The van der Waals surface area contributed by atoms with Crippen LogP contribution in [0.25, 0.3) is 0 Å². The highest BCUT2D eigenvalue weighted by Gasteiger charge is 2.04. The van der Waals surface area contributed by atoms with E-state index in [0.29, 0.717) is 5.75 Å². The normalized spacial score (nSPS) is 9.94. The second-order valence-corrected chi connectivity index (χ2v) is 4.16. The van der Waals surface area contributed by atoms with Gasteiger partial charge in [0.25, 0.3) is 0 Å². The number of rotatable bonds is 4. The van der Waals surface area contributed by atoms with Gasteiger partial charge in [0.05, 0.1) is 12.3 Å². The zero-order valence-electron chi connectivity index (χ0n) is 8.71. The van der Waals surface area contributed by atoms with Gasteiger partial charge in [-0.05, 0) is 5.56 Å². The molecular formula is C12H11N3S. The van der Waals surface area contributed by atoms with Gasteiger partial charge in [0, 0.05) is 0 Å². The maximum atomic E-state index is 5.22. The number of hydrogen-bond acceptors (Lipinski definition) is 3. The predicted molar refractivity (Wildman–Crippen MR) is 65.1 cm³/mol. The number of thioether (sulfide) groups is 1. The van der Waals surface area contributed by atoms with Crippen molar-refractivity contribution in [3.8, 4) is 12.3 Å². The molecule has 0 saturated heterocycles. The summed E-state index contributed by atoms with van der Waals surface area (Å²) < 4.78 is 2.00. The van der Waals surface area contributed by atoms with Crippen LogP contribution in [0.15, 0.2) is 41.8 Å². The number of hydrogen-bond donors (Lipinski definition) is 0. The van der Waals surface area contributed by atoms with Gasteiger partial charge in [0.1, 0.15) is 6.33 Å². The van der Waals surface area contributed by atoms with Crippen LogP contribution in [0.4, 0.5) is 0 Å². The van der Waals surface area contributed by atoms with E-state index >= 15 is 0 Å². The summed E-state index contributed by atoms with van der Waals surface area (Å²) in [4.78, 5) is 0. The molecule has 0 aliphatic carbocycles. The summed E-state index contributed by atoms with van der Waals surface area (Å²) in [5, 5.41) is 8.79. The molecule has 3 nitrogen and oxygen atoms in total. The standard InChI is InChI=1S/C12H11N3S/c1-2-8-16-12-14-13-10-15(12)9-11-6-4-3-5-7-11/h1,3-7,10H,8-9H2. The van der Waals surface area contributed by atoms with Crippen molar-refractivity contribution in [3.63, 3.8) is 0 Å². The summed E-state index contributed by atoms with van der Waals surface area (Å²) in [5.41, 5.74) is 1.23. The topological polar surface area (TPSA) is 30.7 Å². The first-order valence-corrected chi connectivity index (χ1v) is 5.86. The minimum atomic E-state index is 0.619. The second-order valence-electron chi connectivity index (χ2n) is 3.22. The van der Waals surface area contributed by atoms with Crippen LogP contribution in [0.1, 0.15) is 5.56 Å². The molecular weight excluding hydrogens is 218 g/mol. The number of terminal acetylenes is 1. The Morgan fingerprint density at radius 1 is 1.31 bits per heavy atom. The SMILES string of the molecule is C#CCSc1nncn1Cc1ccccc1. The highest BCUT2D eigenvalue weighted by molar-refractivity contribution is 7.99. The summed E-state index contributed by atoms with van der Waals surface area (Å²) in [6.45, 7) is 0.779. The van der Waals surface area contributed by atoms with Gasteiger partial charge >= 0.3 is 0 Å². The van der Waals surface area contributed by atoms with E-state index in [1.807, 2.05) is 22.8 Å². The molecule has 0 atom stereocenters. The lowest BCUT2D eigenvalue weighted by Gasteiger charge is -2.04. The van der Waals surface area contributed by atoms with Crippen LogP contribution in [0.3, 0.4) is 0 Å². The minimum absolute atomic E-state index is 0.619. The molecule has 0 spiro atoms. The van der Waals surface area contributed by atoms with Gasteiger partial charge in [0.15, 0.2) is 5.16 Å². The molecule has 0 aliphatic rings. The van der Waals surface area contributed by atoms with Crippen LogP contribution < -0.4 is 0 Å². The molecule has 0 bridgehead atoms. The summed E-state index contributed by atoms with van der Waals surface area (Å²) >= 11 is 1.53. The zero-order valence-corrected chi connectivity index (χ0v) is 9.52. The van der Waals surface area contributed by atoms with Crippen molar-refractivity contribution in [2.75, 3.05) is 5.75 Å². The molecule has 2 rings (SSSR count). The Morgan fingerprint density at radius 3 is 2.88 bits per heavy atom. The summed E-state index contributed by atoms with van der Waals surface area (Å²) in [5.74, 6) is 3.20. The molecule has 0 aliphatic heterocycles. The first kappa shape index (κ1) is 10.8. The third-order valence-electron chi connectivity index (χ3n) is 2.06. The second kappa shape index (κ2) is 5.38. The third kappa shape index (κ3) is 2.65. The smallest absolute Gasteiger partial charge is 0.192 e. The molecule has 0 unspecified atom stereocenters. The van der Waals surface area contributed by atoms with E-state index in [1.165, 1.54) is 17.3 Å². The van der Waals surface area contributed by atoms with Gasteiger partial charge in [-0.2, -0.15) is 0 Å². The lowest BCUT2D eigenvalue weighted by molar-refractivity contribution is 0.709. The fourth-order valence-electron chi connectivity index (χ4n) is 1.35. The van der Waals surface area contributed by atoms with Gasteiger partial charge in [-0.25, -0.2) is 0 Å². The molecule has 4 heteroatoms. The van der Waals surface area contributed by atoms with Crippen molar-refractivity contribution in [2.45, 2.75) is 11.7 Å². The van der Waals surface area contributed by atoms with Crippen LogP contribution in [0.5, 0.6) is 0 Å².